The first kappa shape index (κ1) is 12.4. The molecule has 1 aliphatic rings. The molecular weight excluding hydrogens is 282 g/mol. The van der Waals surface area contributed by atoms with E-state index >= 15 is 0 Å². The Labute approximate surface area is 109 Å². The third-order valence-electron chi connectivity index (χ3n) is 3.11. The Morgan fingerprint density at radius 3 is 2.76 bits per heavy atom. The number of nitrogens with zero attached hydrogens (tertiary/aromatic N) is 1. The molecule has 90 valence electrons. The van der Waals surface area contributed by atoms with E-state index in [0.717, 1.165) is 22.9 Å². The van der Waals surface area contributed by atoms with Crippen LogP contribution in [0.15, 0.2) is 22.7 Å². The number of aliphatic hydroxyl groups is 1. The zero-order valence-electron chi connectivity index (χ0n) is 9.56. The number of hydrogen-bond donors (Lipinski definition) is 1. The molecule has 0 saturated heterocycles. The molecule has 0 heterocycles. The molecule has 2 rings (SSSR count). The topological polar surface area (TPSA) is 53.2 Å². The van der Waals surface area contributed by atoms with Crippen LogP contribution in [0.4, 0.5) is 0 Å². The fourth-order valence-electron chi connectivity index (χ4n) is 1.99. The van der Waals surface area contributed by atoms with Crippen LogP contribution in [0.5, 0.6) is 5.75 Å². The number of benzene rings is 1. The maximum atomic E-state index is 10.1. The quantitative estimate of drug-likeness (QED) is 0.929. The number of rotatable bonds is 4. The van der Waals surface area contributed by atoms with Gasteiger partial charge in [0, 0.05) is 10.0 Å². The molecule has 1 aliphatic carbocycles. The van der Waals surface area contributed by atoms with Gasteiger partial charge in [-0.1, -0.05) is 15.9 Å². The van der Waals surface area contributed by atoms with Crippen LogP contribution in [-0.4, -0.2) is 18.3 Å². The van der Waals surface area contributed by atoms with Gasteiger partial charge in [0.15, 0.2) is 0 Å². The highest BCUT2D eigenvalue weighted by Gasteiger charge is 2.37. The van der Waals surface area contributed by atoms with Gasteiger partial charge in [0.2, 0.25) is 0 Å². The predicted molar refractivity (Wildman–Crippen MR) is 67.8 cm³/mol. The highest BCUT2D eigenvalue weighted by molar-refractivity contribution is 9.10. The van der Waals surface area contributed by atoms with Crippen molar-refractivity contribution in [1.29, 1.82) is 5.26 Å². The van der Waals surface area contributed by atoms with E-state index in [0.29, 0.717) is 5.75 Å². The minimum Gasteiger partial charge on any atom is -0.496 e. The SMILES string of the molecule is COc1ccc(Br)cc1C(C#N)C(O)C1CC1. The maximum absolute atomic E-state index is 10.1. The lowest BCUT2D eigenvalue weighted by Gasteiger charge is -2.19. The zero-order valence-corrected chi connectivity index (χ0v) is 11.1. The van der Waals surface area contributed by atoms with E-state index in [9.17, 15) is 10.4 Å². The fourth-order valence-corrected chi connectivity index (χ4v) is 2.37. The van der Waals surface area contributed by atoms with Gasteiger partial charge in [-0.3, -0.25) is 0 Å². The van der Waals surface area contributed by atoms with Crippen molar-refractivity contribution in [1.82, 2.24) is 0 Å². The van der Waals surface area contributed by atoms with E-state index in [4.69, 9.17) is 4.74 Å². The molecule has 0 aromatic heterocycles. The first-order valence-corrected chi connectivity index (χ1v) is 6.37. The van der Waals surface area contributed by atoms with Gasteiger partial charge in [-0.2, -0.15) is 5.26 Å². The van der Waals surface area contributed by atoms with E-state index in [-0.39, 0.29) is 5.92 Å². The van der Waals surface area contributed by atoms with Gasteiger partial charge in [0.05, 0.1) is 19.3 Å². The van der Waals surface area contributed by atoms with Crippen LogP contribution in [0.2, 0.25) is 0 Å². The molecule has 0 radical (unpaired) electrons. The van der Waals surface area contributed by atoms with Crippen LogP contribution in [0, 0.1) is 17.2 Å². The number of methoxy groups -OCH3 is 1. The van der Waals surface area contributed by atoms with Crippen LogP contribution >= 0.6 is 15.9 Å². The van der Waals surface area contributed by atoms with Crippen LogP contribution in [-0.2, 0) is 0 Å². The predicted octanol–water partition coefficient (Wildman–Crippen LogP) is 2.84. The van der Waals surface area contributed by atoms with Crippen molar-refractivity contribution in [2.24, 2.45) is 5.92 Å². The Morgan fingerprint density at radius 1 is 1.53 bits per heavy atom. The standard InChI is InChI=1S/C13H14BrNO2/c1-17-12-5-4-9(14)6-10(12)11(7-15)13(16)8-2-3-8/h4-6,8,11,13,16H,2-3H2,1H3. The minimum atomic E-state index is -0.594. The largest absolute Gasteiger partial charge is 0.496 e. The Balaban J connectivity index is 2.35. The number of aliphatic hydroxyl groups excluding tert-OH is 1. The van der Waals surface area contributed by atoms with Crippen molar-refractivity contribution in [2.45, 2.75) is 24.9 Å². The molecule has 1 aromatic carbocycles. The normalized spacial score (nSPS) is 18.2. The number of halogens is 1. The molecule has 2 unspecified atom stereocenters. The first-order chi connectivity index (χ1) is 8.17. The Hall–Kier alpha value is -1.05. The average Bonchev–Trinajstić information content (AvgIpc) is 3.14. The van der Waals surface area contributed by atoms with E-state index in [1.54, 1.807) is 7.11 Å². The molecule has 1 N–H and O–H groups in total. The summed E-state index contributed by atoms with van der Waals surface area (Å²) in [7, 11) is 1.57. The van der Waals surface area contributed by atoms with Crippen molar-refractivity contribution < 1.29 is 9.84 Å². The third kappa shape index (κ3) is 2.62. The van der Waals surface area contributed by atoms with E-state index in [1.807, 2.05) is 18.2 Å². The molecule has 0 amide bonds. The molecule has 0 aliphatic heterocycles. The van der Waals surface area contributed by atoms with Crippen LogP contribution in [0.1, 0.15) is 24.3 Å². The Bertz CT molecular complexity index is 451. The zero-order chi connectivity index (χ0) is 12.4. The summed E-state index contributed by atoms with van der Waals surface area (Å²) in [5, 5.41) is 19.4. The number of ether oxygens (including phenoxy) is 1. The first-order valence-electron chi connectivity index (χ1n) is 5.58. The Kier molecular flexibility index (Phi) is 3.70. The summed E-state index contributed by atoms with van der Waals surface area (Å²) in [4.78, 5) is 0. The molecule has 1 aromatic rings. The average molecular weight is 296 g/mol. The summed E-state index contributed by atoms with van der Waals surface area (Å²) in [5.74, 6) is 0.401. The molecular formula is C13H14BrNO2. The summed E-state index contributed by atoms with van der Waals surface area (Å²) in [6, 6.07) is 7.71. The van der Waals surface area contributed by atoms with Crippen LogP contribution in [0.25, 0.3) is 0 Å². The second-order valence-corrected chi connectivity index (χ2v) is 5.24. The number of nitriles is 1. The summed E-state index contributed by atoms with van der Waals surface area (Å²) in [6.45, 7) is 0. The fraction of sp³-hybridized carbons (Fsp3) is 0.462. The van der Waals surface area contributed by atoms with Crippen LogP contribution in [0.3, 0.4) is 0 Å². The second kappa shape index (κ2) is 5.07. The van der Waals surface area contributed by atoms with Gasteiger partial charge in [-0.15, -0.1) is 0 Å². The van der Waals surface area contributed by atoms with Gasteiger partial charge in [-0.25, -0.2) is 0 Å². The van der Waals surface area contributed by atoms with Gasteiger partial charge < -0.3 is 9.84 Å². The van der Waals surface area contributed by atoms with Gasteiger partial charge in [0.1, 0.15) is 11.7 Å². The highest BCUT2D eigenvalue weighted by Crippen LogP contribution is 2.41. The van der Waals surface area contributed by atoms with Crippen molar-refractivity contribution in [3.63, 3.8) is 0 Å². The lowest BCUT2D eigenvalue weighted by molar-refractivity contribution is 0.137. The second-order valence-electron chi connectivity index (χ2n) is 4.32. The molecule has 0 spiro atoms. The molecule has 1 saturated carbocycles. The lowest BCUT2D eigenvalue weighted by Crippen LogP contribution is -2.20. The lowest BCUT2D eigenvalue weighted by atomic mass is 9.91. The monoisotopic (exact) mass is 295 g/mol. The van der Waals surface area contributed by atoms with Gasteiger partial charge in [0.25, 0.3) is 0 Å². The third-order valence-corrected chi connectivity index (χ3v) is 3.61. The van der Waals surface area contributed by atoms with Crippen molar-refractivity contribution in [3.8, 4) is 11.8 Å². The van der Waals surface area contributed by atoms with E-state index < -0.39 is 12.0 Å². The summed E-state index contributed by atoms with van der Waals surface area (Å²) >= 11 is 3.38. The molecule has 0 bridgehead atoms. The summed E-state index contributed by atoms with van der Waals surface area (Å²) < 4.78 is 6.14. The molecule has 1 fully saturated rings. The van der Waals surface area contributed by atoms with Gasteiger partial charge >= 0.3 is 0 Å². The summed E-state index contributed by atoms with van der Waals surface area (Å²) in [6.07, 6.45) is 1.42. The smallest absolute Gasteiger partial charge is 0.123 e. The highest BCUT2D eigenvalue weighted by atomic mass is 79.9. The van der Waals surface area contributed by atoms with Crippen molar-refractivity contribution in [2.75, 3.05) is 7.11 Å². The number of hydrogen-bond acceptors (Lipinski definition) is 3. The van der Waals surface area contributed by atoms with Gasteiger partial charge in [-0.05, 0) is 37.0 Å². The molecule has 2 atom stereocenters. The summed E-state index contributed by atoms with van der Waals surface area (Å²) in [5.41, 5.74) is 0.753. The van der Waals surface area contributed by atoms with E-state index in [2.05, 4.69) is 22.0 Å². The Morgan fingerprint density at radius 2 is 2.24 bits per heavy atom. The van der Waals surface area contributed by atoms with E-state index in [1.165, 1.54) is 0 Å². The van der Waals surface area contributed by atoms with Crippen molar-refractivity contribution >= 4 is 15.9 Å². The maximum Gasteiger partial charge on any atom is 0.123 e. The van der Waals surface area contributed by atoms with Crippen LogP contribution < -0.4 is 4.74 Å². The minimum absolute atomic E-state index is 0.267. The van der Waals surface area contributed by atoms with Crippen molar-refractivity contribution in [3.05, 3.63) is 28.2 Å². The molecule has 3 nitrogen and oxygen atoms in total. The molecule has 4 heteroatoms. The molecule has 17 heavy (non-hydrogen) atoms.